The molecule has 6 heteroatoms. The van der Waals surface area contributed by atoms with Crippen molar-refractivity contribution in [1.29, 1.82) is 0 Å². The monoisotopic (exact) mass is 305 g/mol. The number of carbonyl (C=O) groups is 1. The molecule has 1 atom stereocenters. The van der Waals surface area contributed by atoms with Crippen molar-refractivity contribution in [3.8, 4) is 0 Å². The van der Waals surface area contributed by atoms with Crippen LogP contribution in [0.25, 0.3) is 0 Å². The van der Waals surface area contributed by atoms with E-state index in [0.717, 1.165) is 36.5 Å². The van der Waals surface area contributed by atoms with E-state index in [1.165, 1.54) is 0 Å². The van der Waals surface area contributed by atoms with Crippen molar-refractivity contribution in [3.63, 3.8) is 0 Å². The molecule has 1 N–H and O–H groups in total. The number of anilines is 1. The average molecular weight is 306 g/mol. The van der Waals surface area contributed by atoms with E-state index in [4.69, 9.17) is 16.1 Å². The van der Waals surface area contributed by atoms with Crippen molar-refractivity contribution in [2.45, 2.75) is 25.8 Å². The summed E-state index contributed by atoms with van der Waals surface area (Å²) in [6.07, 6.45) is 1.87. The lowest BCUT2D eigenvalue weighted by Crippen LogP contribution is -2.34. The molecule has 0 saturated carbocycles. The summed E-state index contributed by atoms with van der Waals surface area (Å²) in [5.74, 6) is 0.759. The summed E-state index contributed by atoms with van der Waals surface area (Å²) >= 11 is 5.84. The number of hydrogen-bond donors (Lipinski definition) is 1. The number of aromatic nitrogens is 1. The molecule has 1 saturated heterocycles. The van der Waals surface area contributed by atoms with Gasteiger partial charge in [-0.05, 0) is 44.0 Å². The molecular formula is C15H16ClN3O2. The molecule has 2 heterocycles. The Labute approximate surface area is 127 Å². The number of benzene rings is 1. The van der Waals surface area contributed by atoms with Crippen LogP contribution in [0.15, 0.2) is 34.9 Å². The number of nitrogens with one attached hydrogen (secondary N) is 1. The van der Waals surface area contributed by atoms with Gasteiger partial charge in [-0.2, -0.15) is 0 Å². The van der Waals surface area contributed by atoms with Gasteiger partial charge < -0.3 is 14.7 Å². The van der Waals surface area contributed by atoms with Crippen LogP contribution in [0, 0.1) is 6.92 Å². The molecule has 0 radical (unpaired) electrons. The summed E-state index contributed by atoms with van der Waals surface area (Å²) in [5.41, 5.74) is 1.54. The van der Waals surface area contributed by atoms with Crippen molar-refractivity contribution in [2.75, 3.05) is 11.9 Å². The first-order valence-corrected chi connectivity index (χ1v) is 7.28. The Kier molecular flexibility index (Phi) is 3.84. The second kappa shape index (κ2) is 5.77. The highest BCUT2D eigenvalue weighted by atomic mass is 35.5. The summed E-state index contributed by atoms with van der Waals surface area (Å²) in [6, 6.07) is 8.81. The molecule has 1 fully saturated rings. The number of halogens is 1. The Hall–Kier alpha value is -2.01. The van der Waals surface area contributed by atoms with Crippen LogP contribution in [0.4, 0.5) is 10.5 Å². The van der Waals surface area contributed by atoms with Gasteiger partial charge >= 0.3 is 6.03 Å². The van der Waals surface area contributed by atoms with E-state index in [2.05, 4.69) is 10.5 Å². The maximum Gasteiger partial charge on any atom is 0.322 e. The van der Waals surface area contributed by atoms with Crippen LogP contribution < -0.4 is 5.32 Å². The third kappa shape index (κ3) is 3.03. The number of carbonyl (C=O) groups excluding carboxylic acids is 1. The van der Waals surface area contributed by atoms with E-state index in [0.29, 0.717) is 5.02 Å². The van der Waals surface area contributed by atoms with Gasteiger partial charge in [0.05, 0.1) is 6.04 Å². The molecule has 1 aliphatic rings. The Balaban J connectivity index is 1.72. The highest BCUT2D eigenvalue weighted by Crippen LogP contribution is 2.32. The molecule has 0 unspecified atom stereocenters. The summed E-state index contributed by atoms with van der Waals surface area (Å²) < 4.78 is 5.11. The zero-order valence-corrected chi connectivity index (χ0v) is 12.4. The molecule has 0 bridgehead atoms. The summed E-state index contributed by atoms with van der Waals surface area (Å²) in [4.78, 5) is 14.2. The van der Waals surface area contributed by atoms with Crippen LogP contribution in [0.1, 0.15) is 30.3 Å². The molecule has 110 valence electrons. The smallest absolute Gasteiger partial charge is 0.322 e. The van der Waals surface area contributed by atoms with Crippen molar-refractivity contribution in [3.05, 3.63) is 46.8 Å². The van der Waals surface area contributed by atoms with Gasteiger partial charge in [-0.15, -0.1) is 0 Å². The topological polar surface area (TPSA) is 58.4 Å². The third-order valence-electron chi connectivity index (χ3n) is 3.60. The molecular weight excluding hydrogens is 290 g/mol. The first kappa shape index (κ1) is 13.9. The molecule has 21 heavy (non-hydrogen) atoms. The summed E-state index contributed by atoms with van der Waals surface area (Å²) in [7, 11) is 0. The van der Waals surface area contributed by atoms with Gasteiger partial charge in [-0.1, -0.05) is 16.8 Å². The van der Waals surface area contributed by atoms with Crippen LogP contribution >= 0.6 is 11.6 Å². The molecule has 2 amide bonds. The Bertz CT molecular complexity index is 639. The summed E-state index contributed by atoms with van der Waals surface area (Å²) in [5, 5.41) is 7.57. The number of rotatable bonds is 2. The van der Waals surface area contributed by atoms with Gasteiger partial charge in [0, 0.05) is 23.3 Å². The van der Waals surface area contributed by atoms with Gasteiger partial charge in [-0.3, -0.25) is 0 Å². The lowest BCUT2D eigenvalue weighted by atomic mass is 10.1. The van der Waals surface area contributed by atoms with E-state index < -0.39 is 0 Å². The molecule has 3 rings (SSSR count). The van der Waals surface area contributed by atoms with Gasteiger partial charge in [0.1, 0.15) is 11.5 Å². The van der Waals surface area contributed by atoms with E-state index in [1.807, 2.05) is 13.0 Å². The highest BCUT2D eigenvalue weighted by molar-refractivity contribution is 6.30. The average Bonchev–Trinajstić information content (AvgIpc) is 3.09. The minimum Gasteiger partial charge on any atom is -0.361 e. The van der Waals surface area contributed by atoms with E-state index >= 15 is 0 Å². The maximum absolute atomic E-state index is 12.4. The van der Waals surface area contributed by atoms with Crippen molar-refractivity contribution in [1.82, 2.24) is 10.1 Å². The molecule has 1 aromatic carbocycles. The standard InChI is InChI=1S/C15H16ClN3O2/c1-10-9-13(18-21-10)14-3-2-8-19(14)15(20)17-12-6-4-11(16)5-7-12/h4-7,9,14H,2-3,8H2,1H3,(H,17,20)/t14-/m0/s1. The first-order valence-electron chi connectivity index (χ1n) is 6.90. The van der Waals surface area contributed by atoms with Gasteiger partial charge in [0.15, 0.2) is 0 Å². The fourth-order valence-electron chi connectivity index (χ4n) is 2.59. The fraction of sp³-hybridized carbons (Fsp3) is 0.333. The molecule has 0 aliphatic carbocycles. The largest absolute Gasteiger partial charge is 0.361 e. The number of aryl methyl sites for hydroxylation is 1. The molecule has 5 nitrogen and oxygen atoms in total. The Morgan fingerprint density at radius 2 is 2.19 bits per heavy atom. The lowest BCUT2D eigenvalue weighted by molar-refractivity contribution is 0.204. The van der Waals surface area contributed by atoms with Gasteiger partial charge in [0.25, 0.3) is 0 Å². The third-order valence-corrected chi connectivity index (χ3v) is 3.85. The van der Waals surface area contributed by atoms with Crippen LogP contribution in [0.5, 0.6) is 0 Å². The zero-order valence-electron chi connectivity index (χ0n) is 11.7. The number of amides is 2. The van der Waals surface area contributed by atoms with E-state index in [-0.39, 0.29) is 12.1 Å². The molecule has 2 aromatic rings. The highest BCUT2D eigenvalue weighted by Gasteiger charge is 2.32. The zero-order chi connectivity index (χ0) is 14.8. The number of urea groups is 1. The van der Waals surface area contributed by atoms with E-state index in [9.17, 15) is 4.79 Å². The normalized spacial score (nSPS) is 18.0. The van der Waals surface area contributed by atoms with Crippen molar-refractivity contribution in [2.24, 2.45) is 0 Å². The predicted octanol–water partition coefficient (Wildman–Crippen LogP) is 4.01. The minimum atomic E-state index is -0.125. The van der Waals surface area contributed by atoms with Gasteiger partial charge in [-0.25, -0.2) is 4.79 Å². The van der Waals surface area contributed by atoms with Crippen LogP contribution in [0.3, 0.4) is 0 Å². The number of hydrogen-bond acceptors (Lipinski definition) is 3. The molecule has 0 spiro atoms. The van der Waals surface area contributed by atoms with Crippen LogP contribution in [-0.4, -0.2) is 22.6 Å². The second-order valence-corrected chi connectivity index (χ2v) is 5.59. The minimum absolute atomic E-state index is 0.0187. The van der Waals surface area contributed by atoms with Crippen molar-refractivity contribution < 1.29 is 9.32 Å². The fourth-order valence-corrected chi connectivity index (χ4v) is 2.71. The Morgan fingerprint density at radius 3 is 2.86 bits per heavy atom. The van der Waals surface area contributed by atoms with Crippen molar-refractivity contribution >= 4 is 23.3 Å². The molecule has 1 aliphatic heterocycles. The second-order valence-electron chi connectivity index (χ2n) is 5.15. The molecule has 1 aromatic heterocycles. The summed E-state index contributed by atoms with van der Waals surface area (Å²) in [6.45, 7) is 2.57. The maximum atomic E-state index is 12.4. The first-order chi connectivity index (χ1) is 10.1. The predicted molar refractivity (Wildman–Crippen MR) is 80.4 cm³/mol. The number of nitrogens with zero attached hydrogens (tertiary/aromatic N) is 2. The van der Waals surface area contributed by atoms with Gasteiger partial charge in [0.2, 0.25) is 0 Å². The Morgan fingerprint density at radius 1 is 1.43 bits per heavy atom. The quantitative estimate of drug-likeness (QED) is 0.912. The van der Waals surface area contributed by atoms with Crippen LogP contribution in [-0.2, 0) is 0 Å². The number of likely N-dealkylation sites (tertiary alicyclic amines) is 1. The lowest BCUT2D eigenvalue weighted by Gasteiger charge is -2.23. The van der Waals surface area contributed by atoms with Crippen LogP contribution in [0.2, 0.25) is 5.02 Å². The SMILES string of the molecule is Cc1cc([C@@H]2CCCN2C(=O)Nc2ccc(Cl)cc2)no1. The van der Waals surface area contributed by atoms with E-state index in [1.54, 1.807) is 29.2 Å².